The fraction of sp³-hybridized carbons (Fsp3) is 0.800. The van der Waals surface area contributed by atoms with Gasteiger partial charge in [0.1, 0.15) is 0 Å². The molecule has 0 aromatic heterocycles. The van der Waals surface area contributed by atoms with E-state index < -0.39 is 0 Å². The maximum atomic E-state index is 4.00. The van der Waals surface area contributed by atoms with Crippen molar-refractivity contribution in [2.45, 2.75) is 19.4 Å². The molecule has 0 spiro atoms. The standard InChI is InChI=1S/C5H10N2/c1-2-5-3-6-4-7-5/h3,5,7H,2,4H2,1H3. The number of rotatable bonds is 1. The van der Waals surface area contributed by atoms with Gasteiger partial charge in [-0.15, -0.1) is 0 Å². The molecule has 0 radical (unpaired) electrons. The van der Waals surface area contributed by atoms with E-state index in [9.17, 15) is 0 Å². The van der Waals surface area contributed by atoms with Gasteiger partial charge in [-0.25, -0.2) is 0 Å². The van der Waals surface area contributed by atoms with Gasteiger partial charge < -0.3 is 0 Å². The lowest BCUT2D eigenvalue weighted by Crippen LogP contribution is -2.22. The third kappa shape index (κ3) is 0.996. The van der Waals surface area contributed by atoms with Crippen LogP contribution in [0.25, 0.3) is 0 Å². The van der Waals surface area contributed by atoms with Crippen LogP contribution < -0.4 is 5.32 Å². The summed E-state index contributed by atoms with van der Waals surface area (Å²) in [6.07, 6.45) is 3.13. The lowest BCUT2D eigenvalue weighted by Gasteiger charge is -1.98. The molecule has 0 aromatic rings. The zero-order valence-electron chi connectivity index (χ0n) is 4.52. The predicted octanol–water partition coefficient (Wildman–Crippen LogP) is 0.397. The fourth-order valence-corrected chi connectivity index (χ4v) is 0.652. The second-order valence-electron chi connectivity index (χ2n) is 1.71. The van der Waals surface area contributed by atoms with Crippen LogP contribution in [0.3, 0.4) is 0 Å². The lowest BCUT2D eigenvalue weighted by atomic mass is 10.3. The van der Waals surface area contributed by atoms with E-state index in [0.717, 1.165) is 13.1 Å². The molecule has 2 nitrogen and oxygen atoms in total. The van der Waals surface area contributed by atoms with Crippen LogP contribution in [-0.2, 0) is 0 Å². The van der Waals surface area contributed by atoms with Gasteiger partial charge in [0.05, 0.1) is 6.67 Å². The largest absolute Gasteiger partial charge is 0.291 e. The molecule has 2 heteroatoms. The first-order valence-corrected chi connectivity index (χ1v) is 2.67. The average Bonchev–Trinajstić information content (AvgIpc) is 2.14. The number of nitrogens with one attached hydrogen (secondary N) is 1. The molecule has 0 amide bonds. The SMILES string of the molecule is CCC1C=NCN1. The van der Waals surface area contributed by atoms with E-state index in [-0.39, 0.29) is 0 Å². The Morgan fingerprint density at radius 1 is 2.00 bits per heavy atom. The molecule has 1 N–H and O–H groups in total. The van der Waals surface area contributed by atoms with Crippen LogP contribution in [0.4, 0.5) is 0 Å². The van der Waals surface area contributed by atoms with E-state index in [1.165, 1.54) is 0 Å². The third-order valence-corrected chi connectivity index (χ3v) is 1.17. The van der Waals surface area contributed by atoms with Crippen LogP contribution >= 0.6 is 0 Å². The minimum atomic E-state index is 0.556. The molecule has 0 fully saturated rings. The van der Waals surface area contributed by atoms with Gasteiger partial charge in [0.15, 0.2) is 0 Å². The monoisotopic (exact) mass is 98.1 g/mol. The van der Waals surface area contributed by atoms with Crippen LogP contribution in [-0.4, -0.2) is 18.9 Å². The lowest BCUT2D eigenvalue weighted by molar-refractivity contribution is 0.664. The summed E-state index contributed by atoms with van der Waals surface area (Å²) in [6, 6.07) is 0.556. The van der Waals surface area contributed by atoms with Crippen molar-refractivity contribution in [2.24, 2.45) is 4.99 Å². The van der Waals surface area contributed by atoms with Gasteiger partial charge in [0, 0.05) is 12.3 Å². The van der Waals surface area contributed by atoms with Crippen molar-refractivity contribution in [3.63, 3.8) is 0 Å². The molecule has 40 valence electrons. The number of aliphatic imine (C=N–C) groups is 1. The van der Waals surface area contributed by atoms with Crippen molar-refractivity contribution >= 4 is 6.21 Å². The van der Waals surface area contributed by atoms with Crippen LogP contribution in [0.15, 0.2) is 4.99 Å². The Hall–Kier alpha value is -0.370. The van der Waals surface area contributed by atoms with Gasteiger partial charge in [-0.3, -0.25) is 10.3 Å². The maximum absolute atomic E-state index is 4.00. The summed E-state index contributed by atoms with van der Waals surface area (Å²) in [5.41, 5.74) is 0. The Balaban J connectivity index is 2.28. The van der Waals surface area contributed by atoms with E-state index in [1.807, 2.05) is 6.21 Å². The third-order valence-electron chi connectivity index (χ3n) is 1.17. The minimum absolute atomic E-state index is 0.556. The molecule has 0 aliphatic carbocycles. The van der Waals surface area contributed by atoms with E-state index >= 15 is 0 Å². The molecular formula is C5H10N2. The minimum Gasteiger partial charge on any atom is -0.291 e. The Morgan fingerprint density at radius 3 is 3.14 bits per heavy atom. The second-order valence-corrected chi connectivity index (χ2v) is 1.71. The zero-order chi connectivity index (χ0) is 5.11. The zero-order valence-corrected chi connectivity index (χ0v) is 4.52. The van der Waals surface area contributed by atoms with E-state index in [0.29, 0.717) is 6.04 Å². The summed E-state index contributed by atoms with van der Waals surface area (Å²) in [6.45, 7) is 2.97. The van der Waals surface area contributed by atoms with Crippen molar-refractivity contribution in [2.75, 3.05) is 6.67 Å². The van der Waals surface area contributed by atoms with Gasteiger partial charge in [0.2, 0.25) is 0 Å². The van der Waals surface area contributed by atoms with Gasteiger partial charge in [-0.1, -0.05) is 6.92 Å². The fourth-order valence-electron chi connectivity index (χ4n) is 0.652. The van der Waals surface area contributed by atoms with Crippen molar-refractivity contribution in [3.8, 4) is 0 Å². The molecule has 1 aliphatic heterocycles. The van der Waals surface area contributed by atoms with Crippen molar-refractivity contribution < 1.29 is 0 Å². The normalized spacial score (nSPS) is 29.0. The van der Waals surface area contributed by atoms with Gasteiger partial charge in [-0.2, -0.15) is 0 Å². The molecule has 1 heterocycles. The van der Waals surface area contributed by atoms with E-state index in [2.05, 4.69) is 17.2 Å². The van der Waals surface area contributed by atoms with Crippen LogP contribution in [0, 0.1) is 0 Å². The van der Waals surface area contributed by atoms with Gasteiger partial charge >= 0.3 is 0 Å². The topological polar surface area (TPSA) is 24.4 Å². The molecular weight excluding hydrogens is 88.1 g/mol. The van der Waals surface area contributed by atoms with Crippen LogP contribution in [0.2, 0.25) is 0 Å². The van der Waals surface area contributed by atoms with Gasteiger partial charge in [-0.05, 0) is 6.42 Å². The second kappa shape index (κ2) is 2.07. The molecule has 0 bridgehead atoms. The summed E-state index contributed by atoms with van der Waals surface area (Å²) in [5.74, 6) is 0. The van der Waals surface area contributed by atoms with E-state index in [1.54, 1.807) is 0 Å². The first-order valence-electron chi connectivity index (χ1n) is 2.67. The van der Waals surface area contributed by atoms with Crippen molar-refractivity contribution in [1.82, 2.24) is 5.32 Å². The molecule has 0 saturated heterocycles. The van der Waals surface area contributed by atoms with Crippen LogP contribution in [0.5, 0.6) is 0 Å². The van der Waals surface area contributed by atoms with Crippen molar-refractivity contribution in [1.29, 1.82) is 0 Å². The first kappa shape index (κ1) is 4.78. The average molecular weight is 98.1 g/mol. The Labute approximate surface area is 43.6 Å². The summed E-state index contributed by atoms with van der Waals surface area (Å²) < 4.78 is 0. The number of hydrogen-bond acceptors (Lipinski definition) is 2. The molecule has 0 saturated carbocycles. The van der Waals surface area contributed by atoms with Crippen LogP contribution in [0.1, 0.15) is 13.3 Å². The quantitative estimate of drug-likeness (QED) is 0.504. The predicted molar refractivity (Wildman–Crippen MR) is 30.6 cm³/mol. The van der Waals surface area contributed by atoms with Gasteiger partial charge in [0.25, 0.3) is 0 Å². The smallest absolute Gasteiger partial charge is 0.0886 e. The molecule has 1 atom stereocenters. The molecule has 1 rings (SSSR count). The molecule has 0 aromatic carbocycles. The highest BCUT2D eigenvalue weighted by atomic mass is 15.1. The number of hydrogen-bond donors (Lipinski definition) is 1. The maximum Gasteiger partial charge on any atom is 0.0886 e. The first-order chi connectivity index (χ1) is 3.43. The summed E-state index contributed by atoms with van der Waals surface area (Å²) >= 11 is 0. The highest BCUT2D eigenvalue weighted by Gasteiger charge is 2.03. The molecule has 1 aliphatic rings. The Kier molecular flexibility index (Phi) is 1.42. The highest BCUT2D eigenvalue weighted by Crippen LogP contribution is 1.90. The summed E-state index contributed by atoms with van der Waals surface area (Å²) in [7, 11) is 0. The van der Waals surface area contributed by atoms with Crippen molar-refractivity contribution in [3.05, 3.63) is 0 Å². The Bertz CT molecular complexity index is 78.1. The van der Waals surface area contributed by atoms with E-state index in [4.69, 9.17) is 0 Å². The summed E-state index contributed by atoms with van der Waals surface area (Å²) in [4.78, 5) is 4.00. The molecule has 7 heavy (non-hydrogen) atoms. The highest BCUT2D eigenvalue weighted by molar-refractivity contribution is 5.65. The summed E-state index contributed by atoms with van der Waals surface area (Å²) in [5, 5.41) is 3.18. The Morgan fingerprint density at radius 2 is 2.86 bits per heavy atom. The number of nitrogens with zero attached hydrogens (tertiary/aromatic N) is 1. The molecule has 1 unspecified atom stereocenters.